The number of nitrogens with zero attached hydrogens (tertiary/aromatic N) is 2. The number of fused-ring (bicyclic) bond motifs is 1. The molecule has 0 saturated carbocycles. The fraction of sp³-hybridized carbons (Fsp3) is 0.0667. The van der Waals surface area contributed by atoms with E-state index in [1.165, 1.54) is 12.1 Å². The maximum atomic E-state index is 12.6. The van der Waals surface area contributed by atoms with E-state index >= 15 is 0 Å². The molecule has 1 aromatic heterocycles. The summed E-state index contributed by atoms with van der Waals surface area (Å²) in [5, 5.41) is 0.128. The highest BCUT2D eigenvalue weighted by Gasteiger charge is 2.45. The van der Waals surface area contributed by atoms with Crippen molar-refractivity contribution in [1.82, 2.24) is 4.98 Å². The van der Waals surface area contributed by atoms with Gasteiger partial charge < -0.3 is 5.73 Å². The molecule has 3 rings (SSSR count). The number of imide groups is 1. The van der Waals surface area contributed by atoms with Gasteiger partial charge in [-0.2, -0.15) is 0 Å². The lowest BCUT2D eigenvalue weighted by molar-refractivity contribution is -0.117. The second-order valence-electron chi connectivity index (χ2n) is 4.71. The number of carbonyl (C=O) groups is 3. The van der Waals surface area contributed by atoms with Gasteiger partial charge in [-0.25, -0.2) is 14.7 Å². The zero-order valence-electron chi connectivity index (χ0n) is 11.2. The Labute approximate surface area is 130 Å². The molecular formula is C15H10ClN3O3. The summed E-state index contributed by atoms with van der Waals surface area (Å²) in [6.07, 6.45) is 0. The largest absolute Gasteiger partial charge is 0.351 e. The first-order valence-corrected chi connectivity index (χ1v) is 6.77. The molecule has 0 aliphatic carbocycles. The van der Waals surface area contributed by atoms with Gasteiger partial charge in [0.1, 0.15) is 11.1 Å². The predicted molar refractivity (Wildman–Crippen MR) is 79.8 cm³/mol. The summed E-state index contributed by atoms with van der Waals surface area (Å²) in [6.45, 7) is 0. The van der Waals surface area contributed by atoms with Gasteiger partial charge >= 0.3 is 6.03 Å². The van der Waals surface area contributed by atoms with Crippen molar-refractivity contribution in [2.24, 2.45) is 5.73 Å². The molecular weight excluding hydrogens is 306 g/mol. The van der Waals surface area contributed by atoms with E-state index in [9.17, 15) is 14.4 Å². The number of ketones is 1. The van der Waals surface area contributed by atoms with Crippen molar-refractivity contribution in [1.29, 1.82) is 0 Å². The Morgan fingerprint density at radius 2 is 1.82 bits per heavy atom. The van der Waals surface area contributed by atoms with Gasteiger partial charge in [0.25, 0.3) is 5.91 Å². The summed E-state index contributed by atoms with van der Waals surface area (Å²) in [5.41, 5.74) is 5.92. The second-order valence-corrected chi connectivity index (χ2v) is 5.10. The topological polar surface area (TPSA) is 93.4 Å². The molecule has 110 valence electrons. The lowest BCUT2D eigenvalue weighted by Crippen LogP contribution is -2.40. The third-order valence-corrected chi connectivity index (χ3v) is 3.60. The summed E-state index contributed by atoms with van der Waals surface area (Å²) in [5.74, 6) is -2.39. The number of urea groups is 1. The minimum Gasteiger partial charge on any atom is -0.351 e. The summed E-state index contributed by atoms with van der Waals surface area (Å²) in [4.78, 5) is 41.4. The first-order chi connectivity index (χ1) is 10.5. The van der Waals surface area contributed by atoms with Crippen LogP contribution in [0.15, 0.2) is 42.5 Å². The van der Waals surface area contributed by atoms with Crippen LogP contribution in [0.5, 0.6) is 0 Å². The quantitative estimate of drug-likeness (QED) is 0.522. The van der Waals surface area contributed by atoms with Gasteiger partial charge in [-0.15, -0.1) is 0 Å². The third kappa shape index (κ3) is 2.14. The number of primary amides is 1. The molecule has 2 aromatic rings. The van der Waals surface area contributed by atoms with Crippen molar-refractivity contribution in [3.63, 3.8) is 0 Å². The molecule has 1 unspecified atom stereocenters. The van der Waals surface area contributed by atoms with Gasteiger partial charge in [-0.05, 0) is 12.1 Å². The first-order valence-electron chi connectivity index (χ1n) is 6.40. The Bertz CT molecular complexity index is 792. The Kier molecular flexibility index (Phi) is 3.38. The Morgan fingerprint density at radius 3 is 2.45 bits per heavy atom. The monoisotopic (exact) mass is 315 g/mol. The van der Waals surface area contributed by atoms with Crippen molar-refractivity contribution < 1.29 is 14.4 Å². The van der Waals surface area contributed by atoms with E-state index in [-0.39, 0.29) is 16.5 Å². The number of anilines is 1. The smallest absolute Gasteiger partial charge is 0.326 e. The van der Waals surface area contributed by atoms with Crippen LogP contribution in [0.3, 0.4) is 0 Å². The van der Waals surface area contributed by atoms with Crippen molar-refractivity contribution in [2.75, 3.05) is 4.90 Å². The number of benzene rings is 1. The SMILES string of the molecule is NC(=O)N1C(=O)C(C(=O)c2ccccc2)c2nc(Cl)ccc21. The molecule has 2 N–H and O–H groups in total. The number of halogens is 1. The van der Waals surface area contributed by atoms with Crippen LogP contribution in [0.4, 0.5) is 10.5 Å². The van der Waals surface area contributed by atoms with Crippen LogP contribution in [0.2, 0.25) is 5.15 Å². The molecule has 0 spiro atoms. The number of nitrogens with two attached hydrogens (primary N) is 1. The van der Waals surface area contributed by atoms with Gasteiger partial charge in [0.2, 0.25) is 0 Å². The third-order valence-electron chi connectivity index (χ3n) is 3.39. The lowest BCUT2D eigenvalue weighted by atomic mass is 9.95. The van der Waals surface area contributed by atoms with Crippen molar-refractivity contribution in [3.8, 4) is 0 Å². The average molecular weight is 316 g/mol. The van der Waals surface area contributed by atoms with Crippen LogP contribution in [-0.4, -0.2) is 22.7 Å². The van der Waals surface area contributed by atoms with Crippen LogP contribution in [0.25, 0.3) is 0 Å². The minimum absolute atomic E-state index is 0.128. The van der Waals surface area contributed by atoms with Crippen LogP contribution in [-0.2, 0) is 4.79 Å². The minimum atomic E-state index is -1.22. The van der Waals surface area contributed by atoms with Crippen LogP contribution in [0, 0.1) is 0 Å². The number of Topliss-reactive ketones (excluding diaryl/α,β-unsaturated/α-hetero) is 1. The van der Waals surface area contributed by atoms with Gasteiger partial charge in [-0.1, -0.05) is 41.9 Å². The van der Waals surface area contributed by atoms with E-state index < -0.39 is 23.6 Å². The van der Waals surface area contributed by atoms with E-state index in [2.05, 4.69) is 4.98 Å². The molecule has 2 heterocycles. The fourth-order valence-corrected chi connectivity index (χ4v) is 2.60. The molecule has 0 bridgehead atoms. The van der Waals surface area contributed by atoms with Crippen molar-refractivity contribution >= 4 is 35.0 Å². The van der Waals surface area contributed by atoms with E-state index in [1.807, 2.05) is 0 Å². The second kappa shape index (κ2) is 5.23. The molecule has 0 saturated heterocycles. The molecule has 1 aliphatic rings. The molecule has 0 fully saturated rings. The number of rotatable bonds is 2. The summed E-state index contributed by atoms with van der Waals surface area (Å²) in [6, 6.07) is 10.2. The van der Waals surface area contributed by atoms with Crippen molar-refractivity contribution in [3.05, 3.63) is 58.9 Å². The predicted octanol–water partition coefficient (Wildman–Crippen LogP) is 2.13. The van der Waals surface area contributed by atoms with Gasteiger partial charge in [0.05, 0.1) is 11.4 Å². The molecule has 6 nitrogen and oxygen atoms in total. The van der Waals surface area contributed by atoms with E-state index in [0.717, 1.165) is 4.90 Å². The number of hydrogen-bond donors (Lipinski definition) is 1. The molecule has 1 aromatic carbocycles. The molecule has 22 heavy (non-hydrogen) atoms. The van der Waals surface area contributed by atoms with Crippen LogP contribution >= 0.6 is 11.6 Å². The first kappa shape index (κ1) is 14.2. The Balaban J connectivity index is 2.13. The standard InChI is InChI=1S/C15H10ClN3O3/c16-10-7-6-9-12(18-10)11(14(21)19(9)15(17)22)13(20)8-4-2-1-3-5-8/h1-7,11H,(H2,17,22). The van der Waals surface area contributed by atoms with E-state index in [0.29, 0.717) is 5.56 Å². The molecule has 0 radical (unpaired) electrons. The van der Waals surface area contributed by atoms with Gasteiger partial charge in [-0.3, -0.25) is 9.59 Å². The highest BCUT2D eigenvalue weighted by atomic mass is 35.5. The van der Waals surface area contributed by atoms with Gasteiger partial charge in [0.15, 0.2) is 5.78 Å². The summed E-state index contributed by atoms with van der Waals surface area (Å²) < 4.78 is 0. The normalized spacial score (nSPS) is 16.5. The Hall–Kier alpha value is -2.73. The molecule has 1 atom stereocenters. The average Bonchev–Trinajstić information content (AvgIpc) is 2.78. The zero-order valence-corrected chi connectivity index (χ0v) is 11.9. The Morgan fingerprint density at radius 1 is 1.14 bits per heavy atom. The van der Waals surface area contributed by atoms with E-state index in [1.54, 1.807) is 30.3 Å². The maximum Gasteiger partial charge on any atom is 0.326 e. The summed E-state index contributed by atoms with van der Waals surface area (Å²) in [7, 11) is 0. The number of carbonyl (C=O) groups excluding carboxylic acids is 3. The van der Waals surface area contributed by atoms with E-state index in [4.69, 9.17) is 17.3 Å². The number of amides is 3. The number of aromatic nitrogens is 1. The molecule has 7 heteroatoms. The zero-order chi connectivity index (χ0) is 15.9. The maximum absolute atomic E-state index is 12.6. The number of pyridine rings is 1. The van der Waals surface area contributed by atoms with Crippen molar-refractivity contribution in [2.45, 2.75) is 5.92 Å². The summed E-state index contributed by atoms with van der Waals surface area (Å²) >= 11 is 5.85. The van der Waals surface area contributed by atoms with Gasteiger partial charge in [0, 0.05) is 5.56 Å². The molecule has 1 aliphatic heterocycles. The lowest BCUT2D eigenvalue weighted by Gasteiger charge is -2.11. The molecule has 3 amide bonds. The van der Waals surface area contributed by atoms with Crippen LogP contribution in [0.1, 0.15) is 22.0 Å². The number of hydrogen-bond acceptors (Lipinski definition) is 4. The van der Waals surface area contributed by atoms with Crippen LogP contribution < -0.4 is 10.6 Å². The highest BCUT2D eigenvalue weighted by molar-refractivity contribution is 6.31. The highest BCUT2D eigenvalue weighted by Crippen LogP contribution is 2.38. The fourth-order valence-electron chi connectivity index (χ4n) is 2.44.